The Morgan fingerprint density at radius 2 is 1.92 bits per heavy atom. The number of nitriles is 1. The summed E-state index contributed by atoms with van der Waals surface area (Å²) in [5.41, 5.74) is -1.29. The second-order valence-corrected chi connectivity index (χ2v) is 12.3. The van der Waals surface area contributed by atoms with E-state index in [0.29, 0.717) is 6.42 Å². The third-order valence-electron chi connectivity index (χ3n) is 8.36. The molecule has 13 heteroatoms. The number of hydrogen-bond donors (Lipinski definition) is 2. The number of aromatic nitrogens is 3. The number of carbonyl (C=O) groups excluding carboxylic acids is 3. The van der Waals surface area contributed by atoms with Crippen LogP contribution in [0.4, 0.5) is 13.2 Å². The molecule has 0 spiro atoms. The third-order valence-corrected chi connectivity index (χ3v) is 8.36. The molecule has 38 heavy (non-hydrogen) atoms. The summed E-state index contributed by atoms with van der Waals surface area (Å²) in [6, 6.07) is -1.17. The van der Waals surface area contributed by atoms with Crippen molar-refractivity contribution in [2.24, 2.45) is 22.7 Å². The molecule has 1 aromatic rings. The van der Waals surface area contributed by atoms with E-state index in [-0.39, 0.29) is 29.7 Å². The number of alkyl halides is 3. The lowest BCUT2D eigenvalue weighted by molar-refractivity contribution is -0.176. The molecule has 2 N–H and O–H groups in total. The smallest absolute Gasteiger partial charge is 0.339 e. The molecule has 6 atom stereocenters. The van der Waals surface area contributed by atoms with E-state index in [0.717, 1.165) is 25.2 Å². The highest BCUT2D eigenvalue weighted by molar-refractivity contribution is 5.95. The zero-order valence-electron chi connectivity index (χ0n) is 22.2. The SMILES string of the molecule is CC(C)(C)C(NC(=O)C(F)(F)F)C(=O)N1C[C@H]2[C@@H]([C@H]1C(=O)NC(C#N)CC1CCCn3cnnc31)C2(C)C. The fraction of sp³-hybridized carbons (Fsp3) is 0.760. The minimum Gasteiger partial charge on any atom is -0.339 e. The van der Waals surface area contributed by atoms with Gasteiger partial charge in [-0.3, -0.25) is 14.4 Å². The van der Waals surface area contributed by atoms with E-state index in [9.17, 15) is 32.8 Å². The molecular weight excluding hydrogens is 503 g/mol. The van der Waals surface area contributed by atoms with Crippen molar-refractivity contribution in [1.29, 1.82) is 5.26 Å². The molecule has 3 aliphatic rings. The molecule has 3 unspecified atom stereocenters. The van der Waals surface area contributed by atoms with Gasteiger partial charge in [0.2, 0.25) is 11.8 Å². The van der Waals surface area contributed by atoms with Crippen molar-refractivity contribution < 1.29 is 27.6 Å². The minimum absolute atomic E-state index is 0.0152. The molecule has 0 bridgehead atoms. The number of halogens is 3. The summed E-state index contributed by atoms with van der Waals surface area (Å²) in [5, 5.41) is 22.6. The van der Waals surface area contributed by atoms with Gasteiger partial charge in [0, 0.05) is 19.0 Å². The Labute approximate surface area is 219 Å². The molecule has 2 aliphatic heterocycles. The maximum atomic E-state index is 13.6. The number of rotatable bonds is 6. The molecule has 3 heterocycles. The lowest BCUT2D eigenvalue weighted by Gasteiger charge is -2.38. The molecule has 1 saturated heterocycles. The zero-order valence-corrected chi connectivity index (χ0v) is 22.2. The molecule has 0 aromatic carbocycles. The van der Waals surface area contributed by atoms with E-state index in [4.69, 9.17) is 0 Å². The number of carbonyl (C=O) groups is 3. The Morgan fingerprint density at radius 1 is 1.24 bits per heavy atom. The standard InChI is InChI=1S/C25H34F3N7O3/c1-23(2,3)18(32-22(38)25(26,27)28)21(37)35-11-15-16(24(15,4)5)17(35)20(36)31-14(10-29)9-13-7-6-8-34-12-30-33-19(13)34/h12-18H,6-9,11H2,1-5H3,(H,31,36)(H,32,38)/t13?,14?,15-,16-,17-,18?/m0/s1. The Kier molecular flexibility index (Phi) is 6.99. The van der Waals surface area contributed by atoms with E-state index >= 15 is 0 Å². The fourth-order valence-electron chi connectivity index (χ4n) is 6.14. The average Bonchev–Trinajstić information content (AvgIpc) is 3.24. The van der Waals surface area contributed by atoms with Crippen molar-refractivity contribution in [3.63, 3.8) is 0 Å². The number of amides is 3. The Hall–Kier alpha value is -3.17. The number of fused-ring (bicyclic) bond motifs is 2. The molecule has 1 saturated carbocycles. The third kappa shape index (κ3) is 5.09. The maximum Gasteiger partial charge on any atom is 0.471 e. The first-order chi connectivity index (χ1) is 17.6. The first kappa shape index (κ1) is 27.9. The van der Waals surface area contributed by atoms with Gasteiger partial charge in [-0.05, 0) is 41.9 Å². The van der Waals surface area contributed by atoms with Crippen LogP contribution in [0.2, 0.25) is 0 Å². The first-order valence-electron chi connectivity index (χ1n) is 12.8. The summed E-state index contributed by atoms with van der Waals surface area (Å²) < 4.78 is 41.0. The highest BCUT2D eigenvalue weighted by Gasteiger charge is 2.70. The highest BCUT2D eigenvalue weighted by atomic mass is 19.4. The van der Waals surface area contributed by atoms with Crippen LogP contribution in [0.5, 0.6) is 0 Å². The van der Waals surface area contributed by atoms with E-state index in [2.05, 4.69) is 21.6 Å². The molecule has 1 aliphatic carbocycles. The van der Waals surface area contributed by atoms with Gasteiger partial charge in [-0.1, -0.05) is 34.6 Å². The van der Waals surface area contributed by atoms with Crippen LogP contribution in [-0.4, -0.2) is 68.2 Å². The van der Waals surface area contributed by atoms with Gasteiger partial charge in [0.15, 0.2) is 0 Å². The van der Waals surface area contributed by atoms with Crippen molar-refractivity contribution in [2.45, 2.75) is 90.6 Å². The average molecular weight is 538 g/mol. The van der Waals surface area contributed by atoms with Crippen molar-refractivity contribution in [3.8, 4) is 6.07 Å². The molecule has 2 fully saturated rings. The fourth-order valence-corrected chi connectivity index (χ4v) is 6.14. The summed E-state index contributed by atoms with van der Waals surface area (Å²) in [6.45, 7) is 9.59. The summed E-state index contributed by atoms with van der Waals surface area (Å²) in [7, 11) is 0. The van der Waals surface area contributed by atoms with E-state index in [1.807, 2.05) is 23.7 Å². The summed E-state index contributed by atoms with van der Waals surface area (Å²) in [4.78, 5) is 40.2. The van der Waals surface area contributed by atoms with Crippen molar-refractivity contribution in [1.82, 2.24) is 30.3 Å². The number of likely N-dealkylation sites (tertiary alicyclic amines) is 1. The minimum atomic E-state index is -5.15. The van der Waals surface area contributed by atoms with Gasteiger partial charge in [-0.15, -0.1) is 10.2 Å². The van der Waals surface area contributed by atoms with Gasteiger partial charge in [-0.2, -0.15) is 18.4 Å². The van der Waals surface area contributed by atoms with Gasteiger partial charge in [0.1, 0.15) is 30.3 Å². The normalized spacial score (nSPS) is 27.4. The van der Waals surface area contributed by atoms with E-state index in [1.165, 1.54) is 4.90 Å². The van der Waals surface area contributed by atoms with Crippen LogP contribution in [0.15, 0.2) is 6.33 Å². The van der Waals surface area contributed by atoms with Crippen LogP contribution in [-0.2, 0) is 20.9 Å². The number of nitrogens with one attached hydrogen (secondary N) is 2. The maximum absolute atomic E-state index is 13.6. The van der Waals surface area contributed by atoms with E-state index < -0.39 is 47.4 Å². The number of hydrogen-bond acceptors (Lipinski definition) is 6. The van der Waals surface area contributed by atoms with Crippen LogP contribution < -0.4 is 10.6 Å². The molecule has 1 aromatic heterocycles. The number of aryl methyl sites for hydroxylation is 1. The van der Waals surface area contributed by atoms with Crippen molar-refractivity contribution >= 4 is 17.7 Å². The van der Waals surface area contributed by atoms with Gasteiger partial charge >= 0.3 is 12.1 Å². The molecule has 0 radical (unpaired) electrons. The van der Waals surface area contributed by atoms with Gasteiger partial charge in [0.25, 0.3) is 0 Å². The molecule has 208 valence electrons. The summed E-state index contributed by atoms with van der Waals surface area (Å²) in [5.74, 6) is -2.99. The largest absolute Gasteiger partial charge is 0.471 e. The van der Waals surface area contributed by atoms with Crippen LogP contribution in [0.1, 0.15) is 65.6 Å². The van der Waals surface area contributed by atoms with Crippen LogP contribution in [0.25, 0.3) is 0 Å². The Bertz CT molecular complexity index is 1150. The topological polar surface area (TPSA) is 133 Å². The highest BCUT2D eigenvalue weighted by Crippen LogP contribution is 2.65. The number of piperidine rings is 1. The Balaban J connectivity index is 1.53. The number of nitrogens with zero attached hydrogens (tertiary/aromatic N) is 5. The van der Waals surface area contributed by atoms with Crippen LogP contribution in [0, 0.1) is 34.0 Å². The quantitative estimate of drug-likeness (QED) is 0.571. The molecule has 3 amide bonds. The van der Waals surface area contributed by atoms with Gasteiger partial charge in [-0.25, -0.2) is 0 Å². The molecule has 4 rings (SSSR count). The lowest BCUT2D eigenvalue weighted by Crippen LogP contribution is -2.61. The van der Waals surface area contributed by atoms with Gasteiger partial charge in [0.05, 0.1) is 6.07 Å². The second-order valence-electron chi connectivity index (χ2n) is 12.3. The van der Waals surface area contributed by atoms with Crippen LogP contribution >= 0.6 is 0 Å². The van der Waals surface area contributed by atoms with Gasteiger partial charge < -0.3 is 20.1 Å². The van der Waals surface area contributed by atoms with Crippen molar-refractivity contribution in [3.05, 3.63) is 12.2 Å². The predicted octanol–water partition coefficient (Wildman–Crippen LogP) is 2.13. The summed E-state index contributed by atoms with van der Waals surface area (Å²) in [6.07, 6.45) is -1.50. The van der Waals surface area contributed by atoms with E-state index in [1.54, 1.807) is 27.1 Å². The predicted molar refractivity (Wildman–Crippen MR) is 128 cm³/mol. The first-order valence-corrected chi connectivity index (χ1v) is 12.8. The summed E-state index contributed by atoms with van der Waals surface area (Å²) >= 11 is 0. The lowest BCUT2D eigenvalue weighted by atomic mass is 9.85. The molecular formula is C25H34F3N7O3. The molecule has 10 nitrogen and oxygen atoms in total. The monoisotopic (exact) mass is 537 g/mol. The Morgan fingerprint density at radius 3 is 2.53 bits per heavy atom. The van der Waals surface area contributed by atoms with Crippen LogP contribution in [0.3, 0.4) is 0 Å². The zero-order chi connectivity index (χ0) is 28.2. The second kappa shape index (κ2) is 9.54. The van der Waals surface area contributed by atoms with Crippen molar-refractivity contribution in [2.75, 3.05) is 6.54 Å².